The fourth-order valence-electron chi connectivity index (χ4n) is 4.12. The molecular weight excluding hydrogens is 408 g/mol. The number of carboxylic acid groups (broad SMARTS) is 1. The Labute approximate surface area is 188 Å². The Morgan fingerprint density at radius 2 is 1.59 bits per heavy atom. The van der Waals surface area contributed by atoms with Crippen LogP contribution in [0.5, 0.6) is 0 Å². The largest absolute Gasteiger partial charge is 0.481 e. The molecule has 1 aliphatic rings. The Hall–Kier alpha value is -3.35. The van der Waals surface area contributed by atoms with Crippen LogP contribution in [0.3, 0.4) is 0 Å². The summed E-state index contributed by atoms with van der Waals surface area (Å²) < 4.78 is 5.55. The number of benzene rings is 2. The standard InChI is InChI=1S/C25H30N2O5/c1-3-4-13-22(24(30)26-16(2)14-23(28)29)27-25(31)32-15-21-19-11-7-5-9-17(19)18-10-6-8-12-20(18)21/h5-12,16,21-22H,3-4,13-15H2,1-2H3,(H,26,30)(H,27,31)(H,28,29)/t16?,22-/m0/s1. The van der Waals surface area contributed by atoms with E-state index in [-0.39, 0.29) is 18.9 Å². The third-order valence-corrected chi connectivity index (χ3v) is 5.67. The average Bonchev–Trinajstić information content (AvgIpc) is 3.08. The second kappa shape index (κ2) is 10.8. The summed E-state index contributed by atoms with van der Waals surface area (Å²) in [4.78, 5) is 36.0. The molecule has 1 unspecified atom stereocenters. The van der Waals surface area contributed by atoms with Gasteiger partial charge in [0.05, 0.1) is 6.42 Å². The van der Waals surface area contributed by atoms with Gasteiger partial charge in [0, 0.05) is 12.0 Å². The van der Waals surface area contributed by atoms with Gasteiger partial charge >= 0.3 is 12.1 Å². The zero-order valence-electron chi connectivity index (χ0n) is 18.5. The smallest absolute Gasteiger partial charge is 0.407 e. The minimum Gasteiger partial charge on any atom is -0.481 e. The van der Waals surface area contributed by atoms with E-state index >= 15 is 0 Å². The molecule has 0 fully saturated rings. The molecule has 0 radical (unpaired) electrons. The van der Waals surface area contributed by atoms with E-state index in [0.717, 1.165) is 35.1 Å². The Balaban J connectivity index is 1.63. The number of carbonyl (C=O) groups is 3. The molecule has 170 valence electrons. The van der Waals surface area contributed by atoms with Crippen molar-refractivity contribution in [3.63, 3.8) is 0 Å². The summed E-state index contributed by atoms with van der Waals surface area (Å²) in [5.41, 5.74) is 4.52. The normalized spacial score (nSPS) is 14.1. The topological polar surface area (TPSA) is 105 Å². The molecule has 0 heterocycles. The van der Waals surface area contributed by atoms with Gasteiger partial charge in [-0.25, -0.2) is 4.79 Å². The number of alkyl carbamates (subject to hydrolysis) is 1. The molecule has 3 rings (SSSR count). The van der Waals surface area contributed by atoms with Crippen molar-refractivity contribution in [3.8, 4) is 11.1 Å². The number of fused-ring (bicyclic) bond motifs is 3. The Morgan fingerprint density at radius 1 is 1.00 bits per heavy atom. The molecule has 2 aromatic carbocycles. The van der Waals surface area contributed by atoms with Gasteiger partial charge in [0.25, 0.3) is 0 Å². The first kappa shape index (κ1) is 23.3. The zero-order chi connectivity index (χ0) is 23.1. The Kier molecular flexibility index (Phi) is 7.87. The van der Waals surface area contributed by atoms with Crippen molar-refractivity contribution in [1.29, 1.82) is 0 Å². The fourth-order valence-corrected chi connectivity index (χ4v) is 4.12. The molecule has 32 heavy (non-hydrogen) atoms. The van der Waals surface area contributed by atoms with Crippen LogP contribution in [0.1, 0.15) is 56.6 Å². The molecule has 0 aliphatic heterocycles. The van der Waals surface area contributed by atoms with E-state index in [1.54, 1.807) is 6.92 Å². The highest BCUT2D eigenvalue weighted by atomic mass is 16.5. The van der Waals surface area contributed by atoms with Gasteiger partial charge in [0.2, 0.25) is 5.91 Å². The van der Waals surface area contributed by atoms with Crippen molar-refractivity contribution >= 4 is 18.0 Å². The van der Waals surface area contributed by atoms with Gasteiger partial charge in [-0.3, -0.25) is 9.59 Å². The molecular formula is C25H30N2O5. The fraction of sp³-hybridized carbons (Fsp3) is 0.400. The van der Waals surface area contributed by atoms with Crippen molar-refractivity contribution in [3.05, 3.63) is 59.7 Å². The molecule has 0 aromatic heterocycles. The summed E-state index contributed by atoms with van der Waals surface area (Å²) in [5, 5.41) is 14.2. The van der Waals surface area contributed by atoms with Gasteiger partial charge in [-0.1, -0.05) is 68.3 Å². The van der Waals surface area contributed by atoms with Gasteiger partial charge < -0.3 is 20.5 Å². The number of ether oxygens (including phenoxy) is 1. The lowest BCUT2D eigenvalue weighted by atomic mass is 9.98. The predicted octanol–water partition coefficient (Wildman–Crippen LogP) is 4.06. The lowest BCUT2D eigenvalue weighted by Crippen LogP contribution is -2.49. The summed E-state index contributed by atoms with van der Waals surface area (Å²) >= 11 is 0. The third kappa shape index (κ3) is 5.66. The number of hydrogen-bond acceptors (Lipinski definition) is 4. The zero-order valence-corrected chi connectivity index (χ0v) is 18.5. The molecule has 0 saturated carbocycles. The molecule has 0 bridgehead atoms. The number of unbranched alkanes of at least 4 members (excludes halogenated alkanes) is 1. The highest BCUT2D eigenvalue weighted by molar-refractivity contribution is 5.86. The average molecular weight is 439 g/mol. The van der Waals surface area contributed by atoms with Crippen LogP contribution in [-0.2, 0) is 14.3 Å². The first-order chi connectivity index (χ1) is 15.4. The summed E-state index contributed by atoms with van der Waals surface area (Å²) in [6.07, 6.45) is 1.22. The molecule has 2 aromatic rings. The summed E-state index contributed by atoms with van der Waals surface area (Å²) in [6, 6.07) is 14.8. The molecule has 7 heteroatoms. The van der Waals surface area contributed by atoms with E-state index in [4.69, 9.17) is 9.84 Å². The van der Waals surface area contributed by atoms with E-state index in [0.29, 0.717) is 6.42 Å². The van der Waals surface area contributed by atoms with Crippen LogP contribution in [-0.4, -0.2) is 41.8 Å². The highest BCUT2D eigenvalue weighted by Crippen LogP contribution is 2.44. The maximum absolute atomic E-state index is 12.6. The minimum atomic E-state index is -0.993. The van der Waals surface area contributed by atoms with Crippen molar-refractivity contribution in [2.45, 2.75) is 57.5 Å². The Morgan fingerprint density at radius 3 is 2.16 bits per heavy atom. The molecule has 0 saturated heterocycles. The van der Waals surface area contributed by atoms with E-state index in [2.05, 4.69) is 22.8 Å². The van der Waals surface area contributed by atoms with Crippen molar-refractivity contribution in [2.75, 3.05) is 6.61 Å². The van der Waals surface area contributed by atoms with Crippen LogP contribution in [0.15, 0.2) is 48.5 Å². The van der Waals surface area contributed by atoms with Gasteiger partial charge in [0.15, 0.2) is 0 Å². The van der Waals surface area contributed by atoms with E-state index < -0.39 is 30.1 Å². The first-order valence-electron chi connectivity index (χ1n) is 11.0. The van der Waals surface area contributed by atoms with Crippen molar-refractivity contribution in [2.24, 2.45) is 0 Å². The summed E-state index contributed by atoms with van der Waals surface area (Å²) in [7, 11) is 0. The van der Waals surface area contributed by atoms with Crippen molar-refractivity contribution < 1.29 is 24.2 Å². The number of rotatable bonds is 10. The van der Waals surface area contributed by atoms with Gasteiger partial charge in [0.1, 0.15) is 12.6 Å². The van der Waals surface area contributed by atoms with Crippen molar-refractivity contribution in [1.82, 2.24) is 10.6 Å². The second-order valence-electron chi connectivity index (χ2n) is 8.17. The first-order valence-corrected chi connectivity index (χ1v) is 11.0. The van der Waals surface area contributed by atoms with Crippen LogP contribution in [0.25, 0.3) is 11.1 Å². The molecule has 7 nitrogen and oxygen atoms in total. The number of nitrogens with one attached hydrogen (secondary N) is 2. The molecule has 2 atom stereocenters. The Bertz CT molecular complexity index is 929. The van der Waals surface area contributed by atoms with Gasteiger partial charge in [-0.05, 0) is 35.6 Å². The number of hydrogen-bond donors (Lipinski definition) is 3. The van der Waals surface area contributed by atoms with Gasteiger partial charge in [-0.15, -0.1) is 0 Å². The molecule has 3 N–H and O–H groups in total. The maximum atomic E-state index is 12.6. The third-order valence-electron chi connectivity index (χ3n) is 5.67. The number of carbonyl (C=O) groups excluding carboxylic acids is 2. The summed E-state index contributed by atoms with van der Waals surface area (Å²) in [6.45, 7) is 3.78. The van der Waals surface area contributed by atoms with E-state index in [9.17, 15) is 14.4 Å². The van der Waals surface area contributed by atoms with E-state index in [1.807, 2.05) is 43.3 Å². The van der Waals surface area contributed by atoms with Crippen LogP contribution < -0.4 is 10.6 Å². The lowest BCUT2D eigenvalue weighted by molar-refractivity contribution is -0.137. The quantitative estimate of drug-likeness (QED) is 0.519. The second-order valence-corrected chi connectivity index (χ2v) is 8.17. The highest BCUT2D eigenvalue weighted by Gasteiger charge is 2.30. The van der Waals surface area contributed by atoms with Crippen LogP contribution in [0.4, 0.5) is 4.79 Å². The minimum absolute atomic E-state index is 0.0633. The molecule has 1 aliphatic carbocycles. The SMILES string of the molecule is CCCC[C@H](NC(=O)OCC1c2ccccc2-c2ccccc21)C(=O)NC(C)CC(=O)O. The predicted molar refractivity (Wildman–Crippen MR) is 121 cm³/mol. The lowest BCUT2D eigenvalue weighted by Gasteiger charge is -2.21. The van der Waals surface area contributed by atoms with Gasteiger partial charge in [-0.2, -0.15) is 0 Å². The van der Waals surface area contributed by atoms with Crippen LogP contribution >= 0.6 is 0 Å². The maximum Gasteiger partial charge on any atom is 0.407 e. The molecule has 0 spiro atoms. The number of amides is 2. The summed E-state index contributed by atoms with van der Waals surface area (Å²) in [5.74, 6) is -1.46. The number of aliphatic carboxylic acids is 1. The molecule has 2 amide bonds. The number of carboxylic acids is 1. The van der Waals surface area contributed by atoms with Crippen LogP contribution in [0.2, 0.25) is 0 Å². The van der Waals surface area contributed by atoms with Crippen LogP contribution in [0, 0.1) is 0 Å². The monoisotopic (exact) mass is 438 g/mol. The van der Waals surface area contributed by atoms with E-state index in [1.165, 1.54) is 0 Å².